The molecule has 2 rings (SSSR count). The van der Waals surface area contributed by atoms with E-state index in [4.69, 9.17) is 11.9 Å². The minimum atomic E-state index is -3.82. The van der Waals surface area contributed by atoms with Gasteiger partial charge in [0.15, 0.2) is 0 Å². The predicted octanol–water partition coefficient (Wildman–Crippen LogP) is 2.70. The zero-order chi connectivity index (χ0) is 10.9. The molecule has 0 aliphatic carbocycles. The third-order valence-corrected chi connectivity index (χ3v) is 3.59. The summed E-state index contributed by atoms with van der Waals surface area (Å²) in [7, 11) is -3.82. The van der Waals surface area contributed by atoms with Crippen LogP contribution in [0.25, 0.3) is 10.8 Å². The summed E-state index contributed by atoms with van der Waals surface area (Å²) in [6.07, 6.45) is 0. The molecule has 0 heterocycles. The van der Waals surface area contributed by atoms with Gasteiger partial charge >= 0.3 is 10.1 Å². The average molecular weight is 243 g/mol. The third kappa shape index (κ3) is 1.97. The van der Waals surface area contributed by atoms with Crippen LogP contribution in [-0.2, 0) is 13.9 Å². The van der Waals surface area contributed by atoms with Gasteiger partial charge in [-0.15, -0.1) is 0 Å². The maximum absolute atomic E-state index is 11.3. The van der Waals surface area contributed by atoms with E-state index in [1.54, 1.807) is 6.07 Å². The molecule has 3 nitrogen and oxygen atoms in total. The molecule has 0 fully saturated rings. The van der Waals surface area contributed by atoms with Crippen molar-refractivity contribution in [3.8, 4) is 0 Å². The van der Waals surface area contributed by atoms with Crippen LogP contribution >= 0.6 is 11.9 Å². The topological polar surface area (TPSA) is 43.4 Å². The van der Waals surface area contributed by atoms with E-state index in [0.717, 1.165) is 10.8 Å². The highest BCUT2D eigenvalue weighted by Crippen LogP contribution is 2.20. The van der Waals surface area contributed by atoms with Crippen LogP contribution in [0.5, 0.6) is 0 Å². The van der Waals surface area contributed by atoms with Gasteiger partial charge in [0.25, 0.3) is 0 Å². The first-order valence-electron chi connectivity index (χ1n) is 4.17. The van der Waals surface area contributed by atoms with Gasteiger partial charge in [0, 0.05) is 0 Å². The quantitative estimate of drug-likeness (QED) is 0.813. The standard InChI is InChI=1S/C10H7ClO3S/c11-14-15(12,13)10-6-5-8-3-1-2-4-9(8)7-10/h1-7H. The number of fused-ring (bicyclic) bond motifs is 1. The second-order valence-corrected chi connectivity index (χ2v) is 4.91. The van der Waals surface area contributed by atoms with E-state index in [1.165, 1.54) is 12.1 Å². The van der Waals surface area contributed by atoms with Gasteiger partial charge in [-0.3, -0.25) is 0 Å². The lowest BCUT2D eigenvalue weighted by Crippen LogP contribution is -1.99. The highest BCUT2D eigenvalue weighted by molar-refractivity contribution is 7.87. The van der Waals surface area contributed by atoms with Crippen molar-refractivity contribution in [2.45, 2.75) is 4.90 Å². The van der Waals surface area contributed by atoms with E-state index in [9.17, 15) is 8.42 Å². The molecule has 2 aromatic carbocycles. The Labute approximate surface area is 92.5 Å². The van der Waals surface area contributed by atoms with Gasteiger partial charge in [-0.25, -0.2) is 0 Å². The van der Waals surface area contributed by atoms with E-state index < -0.39 is 10.1 Å². The summed E-state index contributed by atoms with van der Waals surface area (Å²) < 4.78 is 26.5. The van der Waals surface area contributed by atoms with Crippen LogP contribution in [0.4, 0.5) is 0 Å². The van der Waals surface area contributed by atoms with E-state index in [2.05, 4.69) is 3.74 Å². The Hall–Kier alpha value is -1.10. The molecule has 0 aliphatic heterocycles. The molecule has 0 amide bonds. The highest BCUT2D eigenvalue weighted by atomic mass is 35.5. The second kappa shape index (κ2) is 3.81. The second-order valence-electron chi connectivity index (χ2n) is 3.03. The molecule has 0 radical (unpaired) electrons. The van der Waals surface area contributed by atoms with Gasteiger partial charge in [0.05, 0.1) is 16.8 Å². The Balaban J connectivity index is 2.67. The molecule has 0 atom stereocenters. The maximum Gasteiger partial charge on any atom is 0.312 e. The van der Waals surface area contributed by atoms with Crippen molar-refractivity contribution in [3.05, 3.63) is 42.5 Å². The van der Waals surface area contributed by atoms with E-state index in [-0.39, 0.29) is 4.90 Å². The number of rotatable bonds is 2. The lowest BCUT2D eigenvalue weighted by Gasteiger charge is -2.01. The largest absolute Gasteiger partial charge is 0.312 e. The van der Waals surface area contributed by atoms with Crippen LogP contribution in [0.3, 0.4) is 0 Å². The Bertz CT molecular complexity index is 592. The summed E-state index contributed by atoms with van der Waals surface area (Å²) in [5, 5.41) is 1.79. The van der Waals surface area contributed by atoms with Gasteiger partial charge in [0.2, 0.25) is 0 Å². The number of benzene rings is 2. The van der Waals surface area contributed by atoms with Crippen LogP contribution in [-0.4, -0.2) is 8.42 Å². The molecule has 0 saturated carbocycles. The third-order valence-electron chi connectivity index (χ3n) is 2.09. The zero-order valence-corrected chi connectivity index (χ0v) is 9.12. The lowest BCUT2D eigenvalue weighted by molar-refractivity contribution is 0.509. The Morgan fingerprint density at radius 2 is 1.67 bits per heavy atom. The fraction of sp³-hybridized carbons (Fsp3) is 0. The van der Waals surface area contributed by atoms with E-state index in [0.29, 0.717) is 0 Å². The normalized spacial score (nSPS) is 11.8. The minimum Gasteiger partial charge on any atom is -0.193 e. The van der Waals surface area contributed by atoms with Crippen molar-refractivity contribution < 1.29 is 12.2 Å². The smallest absolute Gasteiger partial charge is 0.193 e. The van der Waals surface area contributed by atoms with E-state index >= 15 is 0 Å². The number of hydrogen-bond donors (Lipinski definition) is 0. The number of hydrogen-bond acceptors (Lipinski definition) is 3. The molecule has 0 N–H and O–H groups in total. The molecule has 2 aromatic rings. The Morgan fingerprint density at radius 1 is 1.00 bits per heavy atom. The lowest BCUT2D eigenvalue weighted by atomic mass is 10.1. The van der Waals surface area contributed by atoms with Gasteiger partial charge in [-0.05, 0) is 22.9 Å². The summed E-state index contributed by atoms with van der Waals surface area (Å²) in [4.78, 5) is 0.0520. The Morgan fingerprint density at radius 3 is 2.33 bits per heavy atom. The van der Waals surface area contributed by atoms with Crippen LogP contribution in [0, 0.1) is 0 Å². The molecular formula is C10H7ClO3S. The SMILES string of the molecule is O=S(=O)(OCl)c1ccc2ccccc2c1. The van der Waals surface area contributed by atoms with E-state index in [1.807, 2.05) is 24.3 Å². The minimum absolute atomic E-state index is 0.0520. The molecule has 78 valence electrons. The fourth-order valence-electron chi connectivity index (χ4n) is 1.36. The first-order valence-corrected chi connectivity index (χ1v) is 5.89. The maximum atomic E-state index is 11.3. The monoisotopic (exact) mass is 242 g/mol. The predicted molar refractivity (Wildman–Crippen MR) is 58.1 cm³/mol. The van der Waals surface area contributed by atoms with Crippen LogP contribution in [0.15, 0.2) is 47.4 Å². The van der Waals surface area contributed by atoms with Gasteiger partial charge in [0.1, 0.15) is 0 Å². The van der Waals surface area contributed by atoms with Crippen molar-refractivity contribution in [2.75, 3.05) is 0 Å². The molecule has 0 spiro atoms. The molecule has 15 heavy (non-hydrogen) atoms. The van der Waals surface area contributed by atoms with Crippen molar-refractivity contribution >= 4 is 32.8 Å². The summed E-state index contributed by atoms with van der Waals surface area (Å²) in [5.41, 5.74) is 0. The molecule has 0 saturated heterocycles. The average Bonchev–Trinajstić information content (AvgIpc) is 2.28. The molecular weight excluding hydrogens is 236 g/mol. The van der Waals surface area contributed by atoms with Crippen LogP contribution in [0.2, 0.25) is 0 Å². The zero-order valence-electron chi connectivity index (χ0n) is 7.55. The first kappa shape index (κ1) is 10.4. The molecule has 0 aromatic heterocycles. The first-order chi connectivity index (χ1) is 7.13. The molecule has 0 unspecified atom stereocenters. The molecule has 0 bridgehead atoms. The molecule has 0 aliphatic rings. The molecule has 5 heteroatoms. The van der Waals surface area contributed by atoms with Crippen molar-refractivity contribution in [1.29, 1.82) is 0 Å². The summed E-state index contributed by atoms with van der Waals surface area (Å²) in [5.74, 6) is 0. The Kier molecular flexibility index (Phi) is 2.65. The fourth-order valence-corrected chi connectivity index (χ4v) is 2.16. The summed E-state index contributed by atoms with van der Waals surface area (Å²) in [6, 6.07) is 12.1. The number of halogens is 1. The van der Waals surface area contributed by atoms with Crippen molar-refractivity contribution in [1.82, 2.24) is 0 Å². The van der Waals surface area contributed by atoms with Crippen molar-refractivity contribution in [2.24, 2.45) is 0 Å². The van der Waals surface area contributed by atoms with Crippen molar-refractivity contribution in [3.63, 3.8) is 0 Å². The van der Waals surface area contributed by atoms with Gasteiger partial charge in [-0.1, -0.05) is 30.3 Å². The van der Waals surface area contributed by atoms with Crippen LogP contribution < -0.4 is 0 Å². The highest BCUT2D eigenvalue weighted by Gasteiger charge is 2.14. The van der Waals surface area contributed by atoms with Gasteiger partial charge in [-0.2, -0.15) is 12.2 Å². The van der Waals surface area contributed by atoms with Gasteiger partial charge < -0.3 is 0 Å². The summed E-state index contributed by atoms with van der Waals surface area (Å²) in [6.45, 7) is 0. The van der Waals surface area contributed by atoms with Crippen LogP contribution in [0.1, 0.15) is 0 Å². The summed E-state index contributed by atoms with van der Waals surface area (Å²) >= 11 is 4.89.